The molecule has 3 aliphatic heterocycles. The highest BCUT2D eigenvalue weighted by molar-refractivity contribution is 6.09. The lowest BCUT2D eigenvalue weighted by atomic mass is 9.79. The smallest absolute Gasteiger partial charge is 0.278 e. The molecule has 0 radical (unpaired) electrons. The first kappa shape index (κ1) is 43.6. The molecule has 69 heavy (non-hydrogen) atoms. The van der Waals surface area contributed by atoms with Gasteiger partial charge in [-0.25, -0.2) is 19.3 Å². The number of aromatic nitrogens is 7. The zero-order valence-electron chi connectivity index (χ0n) is 39.0. The summed E-state index contributed by atoms with van der Waals surface area (Å²) in [6, 6.07) is 19.5. The molecule has 2 atom stereocenters. The fraction of sp³-hybridized carbons (Fsp3) is 0.442. The predicted molar refractivity (Wildman–Crippen MR) is 263 cm³/mol. The molecule has 8 heterocycles. The minimum absolute atomic E-state index is 0.232. The number of allylic oxidation sites excluding steroid dienone is 1. The highest BCUT2D eigenvalue weighted by atomic mass is 16.5. The van der Waals surface area contributed by atoms with Crippen molar-refractivity contribution in [2.45, 2.75) is 94.9 Å². The largest absolute Gasteiger partial charge is 0.384 e. The number of imide groups is 1. The monoisotopic (exact) mass is 930 g/mol. The SMILES string of the molecule is C=CCn1c(=O)c2cnc(Nc3ccc(N4CCN(C5CCN(C[C@H]6C[C@@H](n7ccc8c9c(C%10CCC(=O)NC%10=O)noc9ccc87)C6)CC5)CC4)cc3)nc2n1-c1ccc2c(n1)[C@@](O)(CC)CC2. The minimum atomic E-state index is -0.990. The number of pyridine rings is 1. The second-order valence-electron chi connectivity index (χ2n) is 19.9. The second-order valence-corrected chi connectivity index (χ2v) is 19.9. The quantitative estimate of drug-likeness (QED) is 0.0917. The van der Waals surface area contributed by atoms with Crippen LogP contribution in [0.2, 0.25) is 0 Å². The number of nitrogens with zero attached hydrogens (tertiary/aromatic N) is 10. The van der Waals surface area contributed by atoms with Crippen LogP contribution in [0, 0.1) is 5.92 Å². The lowest BCUT2D eigenvalue weighted by Gasteiger charge is -2.45. The van der Waals surface area contributed by atoms with E-state index >= 15 is 0 Å². The van der Waals surface area contributed by atoms with Gasteiger partial charge in [0.25, 0.3) is 5.56 Å². The average Bonchev–Trinajstić information content (AvgIpc) is 4.13. The van der Waals surface area contributed by atoms with Gasteiger partial charge in [-0.2, -0.15) is 4.98 Å². The molecule has 12 rings (SSSR count). The molecule has 17 nitrogen and oxygen atoms in total. The van der Waals surface area contributed by atoms with Crippen LogP contribution in [0.15, 0.2) is 89.0 Å². The van der Waals surface area contributed by atoms with Crippen LogP contribution in [-0.4, -0.2) is 113 Å². The van der Waals surface area contributed by atoms with E-state index in [2.05, 4.69) is 89.2 Å². The molecule has 2 amide bonds. The van der Waals surface area contributed by atoms with Crippen molar-refractivity contribution in [3.8, 4) is 5.82 Å². The third-order valence-corrected chi connectivity index (χ3v) is 15.9. The summed E-state index contributed by atoms with van der Waals surface area (Å²) in [6.07, 6.45) is 12.8. The van der Waals surface area contributed by atoms with Gasteiger partial charge in [-0.1, -0.05) is 24.2 Å². The molecular weight excluding hydrogens is 873 g/mol. The third kappa shape index (κ3) is 7.70. The maximum Gasteiger partial charge on any atom is 0.278 e. The summed E-state index contributed by atoms with van der Waals surface area (Å²) in [5.74, 6) is 0.548. The van der Waals surface area contributed by atoms with Crippen LogP contribution in [0.3, 0.4) is 0 Å². The van der Waals surface area contributed by atoms with Crippen LogP contribution in [-0.2, 0) is 28.2 Å². The lowest BCUT2D eigenvalue weighted by Crippen LogP contribution is -2.53. The van der Waals surface area contributed by atoms with Crippen molar-refractivity contribution in [3.63, 3.8) is 0 Å². The number of piperazine rings is 1. The van der Waals surface area contributed by atoms with E-state index in [9.17, 15) is 19.5 Å². The number of carbonyl (C=O) groups excluding carboxylic acids is 2. The number of nitrogens with one attached hydrogen (secondary N) is 2. The Labute approximate surface area is 398 Å². The van der Waals surface area contributed by atoms with Crippen molar-refractivity contribution in [2.75, 3.05) is 56.0 Å². The number of hydrogen-bond acceptors (Lipinski definition) is 13. The van der Waals surface area contributed by atoms with E-state index in [1.54, 1.807) is 21.6 Å². The van der Waals surface area contributed by atoms with Crippen molar-refractivity contribution in [1.82, 2.24) is 49.2 Å². The van der Waals surface area contributed by atoms with Gasteiger partial charge in [0.15, 0.2) is 17.0 Å². The summed E-state index contributed by atoms with van der Waals surface area (Å²) in [5, 5.41) is 23.8. The molecule has 2 aromatic carbocycles. The van der Waals surface area contributed by atoms with Crippen LogP contribution in [0.1, 0.15) is 87.2 Å². The first-order chi connectivity index (χ1) is 33.6. The fourth-order valence-electron chi connectivity index (χ4n) is 12.0. The number of amides is 2. The Morgan fingerprint density at radius 1 is 0.913 bits per heavy atom. The Bertz CT molecular complexity index is 3190. The highest BCUT2D eigenvalue weighted by Crippen LogP contribution is 2.43. The topological polar surface area (TPSA) is 185 Å². The third-order valence-electron chi connectivity index (χ3n) is 15.9. The van der Waals surface area contributed by atoms with E-state index in [0.717, 1.165) is 92.6 Å². The number of benzene rings is 2. The van der Waals surface area contributed by atoms with E-state index in [1.807, 2.05) is 25.1 Å². The van der Waals surface area contributed by atoms with E-state index in [4.69, 9.17) is 14.5 Å². The second kappa shape index (κ2) is 17.4. The summed E-state index contributed by atoms with van der Waals surface area (Å²) in [4.78, 5) is 60.2. The van der Waals surface area contributed by atoms with Crippen LogP contribution < -0.4 is 21.1 Å². The molecule has 4 fully saturated rings. The molecule has 17 heteroatoms. The van der Waals surface area contributed by atoms with Gasteiger partial charge in [-0.15, -0.1) is 6.58 Å². The zero-order chi connectivity index (χ0) is 47.0. The standard InChI is InChI=1S/C52H58N12O5/c1-3-20-63-50(67)40-30-53-51(57-48(40)64(63)43-13-5-33-15-19-52(68,4-2)47(33)55-43)54-34-6-8-35(9-7-34)60-24-26-61(27-25-60)36-16-21-59(22-17-36)31-32-28-37(29-32)62-23-18-38-41(62)11-12-42-45(38)46(58-69-42)39-10-14-44(65)56-49(39)66/h3,5-9,11-13,18,23,30,32,36-37,39,68H,1,4,10,14-17,19-22,24-29,31H2,2H3,(H,53,54,57)(H,56,65,66)/t32-,37+,39?,52-/m1/s1. The van der Waals surface area contributed by atoms with Crippen molar-refractivity contribution in [1.29, 1.82) is 0 Å². The first-order valence-corrected chi connectivity index (χ1v) is 24.8. The molecule has 2 aliphatic carbocycles. The number of piperidine rings is 2. The number of aryl methyl sites for hydroxylation is 1. The Morgan fingerprint density at radius 2 is 1.72 bits per heavy atom. The van der Waals surface area contributed by atoms with E-state index in [0.29, 0.717) is 83.5 Å². The molecule has 356 valence electrons. The van der Waals surface area contributed by atoms with Gasteiger partial charge in [0.2, 0.25) is 17.8 Å². The van der Waals surface area contributed by atoms with Gasteiger partial charge in [0.1, 0.15) is 16.7 Å². The van der Waals surface area contributed by atoms with Gasteiger partial charge in [0.05, 0.1) is 23.5 Å². The molecular formula is C52H58N12O5. The Balaban J connectivity index is 0.631. The molecule has 5 aliphatic rings. The van der Waals surface area contributed by atoms with Gasteiger partial charge in [-0.3, -0.25) is 24.6 Å². The number of rotatable bonds is 12. The molecule has 0 spiro atoms. The Kier molecular flexibility index (Phi) is 11.0. The fourth-order valence-corrected chi connectivity index (χ4v) is 12.0. The molecule has 0 bridgehead atoms. The van der Waals surface area contributed by atoms with Crippen molar-refractivity contribution >= 4 is 62.0 Å². The van der Waals surface area contributed by atoms with Crippen molar-refractivity contribution in [3.05, 3.63) is 107 Å². The van der Waals surface area contributed by atoms with Crippen molar-refractivity contribution < 1.29 is 19.2 Å². The highest BCUT2D eigenvalue weighted by Gasteiger charge is 2.38. The van der Waals surface area contributed by atoms with Crippen LogP contribution >= 0.6 is 0 Å². The maximum atomic E-state index is 13.6. The minimum Gasteiger partial charge on any atom is -0.384 e. The number of fused-ring (bicyclic) bond motifs is 5. The van der Waals surface area contributed by atoms with Gasteiger partial charge in [-0.05, 0) is 124 Å². The summed E-state index contributed by atoms with van der Waals surface area (Å²) in [6.45, 7) is 13.6. The van der Waals surface area contributed by atoms with Crippen LogP contribution in [0.25, 0.3) is 38.7 Å². The molecule has 3 saturated heterocycles. The summed E-state index contributed by atoms with van der Waals surface area (Å²) >= 11 is 0. The number of likely N-dealkylation sites (tertiary alicyclic amines) is 1. The van der Waals surface area contributed by atoms with Gasteiger partial charge >= 0.3 is 0 Å². The summed E-state index contributed by atoms with van der Waals surface area (Å²) < 4.78 is 11.3. The number of aliphatic hydroxyl groups is 1. The molecule has 5 aromatic heterocycles. The molecule has 3 N–H and O–H groups in total. The van der Waals surface area contributed by atoms with E-state index < -0.39 is 11.5 Å². The first-order valence-electron chi connectivity index (χ1n) is 24.8. The number of carbonyl (C=O) groups is 2. The van der Waals surface area contributed by atoms with Crippen LogP contribution in [0.5, 0.6) is 0 Å². The van der Waals surface area contributed by atoms with E-state index in [-0.39, 0.29) is 23.9 Å². The Morgan fingerprint density at radius 3 is 2.49 bits per heavy atom. The normalized spacial score (nSPS) is 23.7. The number of hydrogen-bond donors (Lipinski definition) is 3. The van der Waals surface area contributed by atoms with Gasteiger partial charge in [0, 0.05) is 85.9 Å². The molecule has 1 unspecified atom stereocenters. The zero-order valence-corrected chi connectivity index (χ0v) is 39.0. The lowest BCUT2D eigenvalue weighted by molar-refractivity contribution is -0.134. The average molecular weight is 931 g/mol. The summed E-state index contributed by atoms with van der Waals surface area (Å²) in [7, 11) is 0. The number of anilines is 3. The van der Waals surface area contributed by atoms with Gasteiger partial charge < -0.3 is 29.3 Å². The van der Waals surface area contributed by atoms with Crippen molar-refractivity contribution in [2.24, 2.45) is 5.92 Å². The molecule has 1 saturated carbocycles. The van der Waals surface area contributed by atoms with Crippen LogP contribution in [0.4, 0.5) is 17.3 Å². The maximum absolute atomic E-state index is 13.6. The summed E-state index contributed by atoms with van der Waals surface area (Å²) in [5.41, 5.74) is 5.37. The van der Waals surface area contributed by atoms with E-state index in [1.165, 1.54) is 18.5 Å². The molecule has 7 aromatic rings. The predicted octanol–water partition coefficient (Wildman–Crippen LogP) is 6.30. The Hall–Kier alpha value is -6.69.